The summed E-state index contributed by atoms with van der Waals surface area (Å²) in [5.74, 6) is -0.528. The molecule has 0 fully saturated rings. The summed E-state index contributed by atoms with van der Waals surface area (Å²) in [6.45, 7) is 0.255. The number of carbonyl (C=O) groups is 2. The van der Waals surface area contributed by atoms with E-state index in [1.165, 1.54) is 11.3 Å². The van der Waals surface area contributed by atoms with Gasteiger partial charge in [-0.2, -0.15) is 0 Å². The fourth-order valence-corrected chi connectivity index (χ4v) is 7.78. The van der Waals surface area contributed by atoms with E-state index in [0.717, 1.165) is 5.56 Å². The first-order valence-electron chi connectivity index (χ1n) is 12.3. The quantitative estimate of drug-likeness (QED) is 0.158. The van der Waals surface area contributed by atoms with Gasteiger partial charge in [0, 0.05) is 22.7 Å². The fourth-order valence-electron chi connectivity index (χ4n) is 4.46. The van der Waals surface area contributed by atoms with Gasteiger partial charge in [-0.1, -0.05) is 115 Å². The zero-order valence-corrected chi connectivity index (χ0v) is 22.4. The van der Waals surface area contributed by atoms with Gasteiger partial charge in [0.2, 0.25) is 5.78 Å². The Morgan fingerprint density at radius 1 is 0.632 bits per heavy atom. The number of nitrogens with zero attached hydrogens (tertiary/aromatic N) is 1. The summed E-state index contributed by atoms with van der Waals surface area (Å²) in [6.07, 6.45) is -0.00369. The van der Waals surface area contributed by atoms with Crippen molar-refractivity contribution in [1.82, 2.24) is 4.90 Å². The smallest absolute Gasteiger partial charge is 0.255 e. The number of hydrogen-bond acceptors (Lipinski definition) is 4. The third-order valence-corrected chi connectivity index (χ3v) is 10.2. The van der Waals surface area contributed by atoms with Crippen molar-refractivity contribution in [3.8, 4) is 0 Å². The lowest BCUT2D eigenvalue weighted by Crippen LogP contribution is -2.36. The van der Waals surface area contributed by atoms with E-state index in [-0.39, 0.29) is 24.5 Å². The maximum atomic E-state index is 14.9. The summed E-state index contributed by atoms with van der Waals surface area (Å²) in [5.41, 5.74) is 1.55. The van der Waals surface area contributed by atoms with Crippen molar-refractivity contribution >= 4 is 40.8 Å². The predicted octanol–water partition coefficient (Wildman–Crippen LogP) is 6.59. The minimum absolute atomic E-state index is 0.00369. The highest BCUT2D eigenvalue weighted by atomic mass is 32.1. The fraction of sp³-hybridized carbons (Fsp3) is 0.0625. The van der Waals surface area contributed by atoms with Crippen molar-refractivity contribution in [2.24, 2.45) is 0 Å². The van der Waals surface area contributed by atoms with E-state index in [0.29, 0.717) is 26.6 Å². The first kappa shape index (κ1) is 25.6. The second-order valence-electron chi connectivity index (χ2n) is 8.89. The maximum absolute atomic E-state index is 14.9. The monoisotopic (exact) mass is 535 g/mol. The molecule has 1 heterocycles. The van der Waals surface area contributed by atoms with Crippen LogP contribution in [0.3, 0.4) is 0 Å². The van der Waals surface area contributed by atoms with Crippen molar-refractivity contribution in [2.75, 3.05) is 6.29 Å². The summed E-state index contributed by atoms with van der Waals surface area (Å²) in [4.78, 5) is 29.8. The minimum atomic E-state index is -3.26. The largest absolute Gasteiger partial charge is 0.326 e. The third kappa shape index (κ3) is 5.45. The SMILES string of the molecule is O=C(c1cccs1)c1ccccc1C(=O)N(Cc1ccccc1)CP(=O)(c1ccccc1)c1ccccc1. The molecular formula is C32H26NO3PS. The van der Waals surface area contributed by atoms with Crippen molar-refractivity contribution in [3.63, 3.8) is 0 Å². The number of benzene rings is 4. The van der Waals surface area contributed by atoms with E-state index in [9.17, 15) is 14.2 Å². The highest BCUT2D eigenvalue weighted by molar-refractivity contribution is 7.78. The molecule has 0 unspecified atom stereocenters. The summed E-state index contributed by atoms with van der Waals surface area (Å²) in [6, 6.07) is 38.7. The minimum Gasteiger partial charge on any atom is -0.326 e. The summed E-state index contributed by atoms with van der Waals surface area (Å²) in [5, 5.41) is 3.20. The highest BCUT2D eigenvalue weighted by Gasteiger charge is 2.33. The van der Waals surface area contributed by atoms with Gasteiger partial charge in [0.15, 0.2) is 7.14 Å². The molecule has 38 heavy (non-hydrogen) atoms. The third-order valence-electron chi connectivity index (χ3n) is 6.37. The van der Waals surface area contributed by atoms with E-state index in [2.05, 4.69) is 0 Å². The van der Waals surface area contributed by atoms with Gasteiger partial charge in [0.25, 0.3) is 5.91 Å². The van der Waals surface area contributed by atoms with E-state index in [1.807, 2.05) is 102 Å². The van der Waals surface area contributed by atoms with Crippen LogP contribution in [0.1, 0.15) is 31.2 Å². The van der Waals surface area contributed by atoms with Crippen LogP contribution in [0.2, 0.25) is 0 Å². The molecule has 0 aliphatic carbocycles. The van der Waals surface area contributed by atoms with Gasteiger partial charge < -0.3 is 9.46 Å². The first-order chi connectivity index (χ1) is 18.6. The summed E-state index contributed by atoms with van der Waals surface area (Å²) >= 11 is 1.34. The zero-order valence-electron chi connectivity index (χ0n) is 20.6. The lowest BCUT2D eigenvalue weighted by atomic mass is 10.0. The van der Waals surface area contributed by atoms with Crippen molar-refractivity contribution in [1.29, 1.82) is 0 Å². The van der Waals surface area contributed by atoms with Crippen LogP contribution in [-0.2, 0) is 11.1 Å². The molecule has 1 amide bonds. The summed E-state index contributed by atoms with van der Waals surface area (Å²) in [7, 11) is -3.26. The molecule has 4 aromatic carbocycles. The molecule has 0 saturated heterocycles. The molecule has 6 heteroatoms. The Morgan fingerprint density at radius 3 is 1.71 bits per heavy atom. The number of amides is 1. The maximum Gasteiger partial charge on any atom is 0.255 e. The van der Waals surface area contributed by atoms with Gasteiger partial charge in [-0.3, -0.25) is 9.59 Å². The average molecular weight is 536 g/mol. The molecule has 0 spiro atoms. The van der Waals surface area contributed by atoms with Gasteiger partial charge in [0.05, 0.1) is 16.7 Å². The second kappa shape index (κ2) is 11.6. The van der Waals surface area contributed by atoms with Gasteiger partial charge >= 0.3 is 0 Å². The first-order valence-corrected chi connectivity index (χ1v) is 15.0. The van der Waals surface area contributed by atoms with E-state index in [1.54, 1.807) is 35.2 Å². The number of thiophene rings is 1. The highest BCUT2D eigenvalue weighted by Crippen LogP contribution is 2.44. The van der Waals surface area contributed by atoms with Crippen LogP contribution < -0.4 is 10.6 Å². The van der Waals surface area contributed by atoms with Crippen LogP contribution in [0.15, 0.2) is 133 Å². The molecule has 4 nitrogen and oxygen atoms in total. The Kier molecular flexibility index (Phi) is 7.78. The van der Waals surface area contributed by atoms with Crippen LogP contribution in [0.25, 0.3) is 0 Å². The topological polar surface area (TPSA) is 54.5 Å². The van der Waals surface area contributed by atoms with Crippen molar-refractivity contribution in [2.45, 2.75) is 6.54 Å². The summed E-state index contributed by atoms with van der Waals surface area (Å²) < 4.78 is 14.9. The van der Waals surface area contributed by atoms with E-state index < -0.39 is 7.14 Å². The Bertz CT molecular complexity index is 1530. The number of carbonyl (C=O) groups excluding carboxylic acids is 2. The lowest BCUT2D eigenvalue weighted by Gasteiger charge is -2.29. The molecule has 0 bridgehead atoms. The molecule has 0 aliphatic rings. The molecule has 188 valence electrons. The Labute approximate surface area is 226 Å². The molecule has 0 aliphatic heterocycles. The average Bonchev–Trinajstić information content (AvgIpc) is 3.53. The van der Waals surface area contributed by atoms with E-state index in [4.69, 9.17) is 0 Å². The normalized spacial score (nSPS) is 11.2. The van der Waals surface area contributed by atoms with Gasteiger partial charge in [-0.05, 0) is 23.1 Å². The zero-order chi connectivity index (χ0) is 26.4. The molecule has 0 N–H and O–H groups in total. The van der Waals surface area contributed by atoms with Crippen LogP contribution in [0, 0.1) is 0 Å². The number of hydrogen-bond donors (Lipinski definition) is 0. The van der Waals surface area contributed by atoms with Crippen LogP contribution in [0.5, 0.6) is 0 Å². The molecule has 0 radical (unpaired) electrons. The molecule has 0 atom stereocenters. The van der Waals surface area contributed by atoms with Gasteiger partial charge in [0.1, 0.15) is 0 Å². The molecule has 5 aromatic rings. The van der Waals surface area contributed by atoms with Crippen molar-refractivity contribution < 1.29 is 14.2 Å². The van der Waals surface area contributed by atoms with Crippen LogP contribution in [0.4, 0.5) is 0 Å². The Balaban J connectivity index is 1.60. The molecular weight excluding hydrogens is 509 g/mol. The predicted molar refractivity (Wildman–Crippen MR) is 155 cm³/mol. The molecule has 0 saturated carbocycles. The van der Waals surface area contributed by atoms with Crippen LogP contribution in [-0.4, -0.2) is 22.9 Å². The van der Waals surface area contributed by atoms with Gasteiger partial charge in [-0.15, -0.1) is 11.3 Å². The lowest BCUT2D eigenvalue weighted by molar-refractivity contribution is 0.0768. The second-order valence-corrected chi connectivity index (χ2v) is 12.6. The van der Waals surface area contributed by atoms with Crippen LogP contribution >= 0.6 is 18.5 Å². The van der Waals surface area contributed by atoms with Crippen molar-refractivity contribution in [3.05, 3.63) is 154 Å². The van der Waals surface area contributed by atoms with E-state index >= 15 is 0 Å². The number of rotatable bonds is 9. The molecule has 1 aromatic heterocycles. The Hall–Kier alpha value is -4.05. The molecule has 5 rings (SSSR count). The van der Waals surface area contributed by atoms with Gasteiger partial charge in [-0.25, -0.2) is 0 Å². The number of ketones is 1. The standard InChI is InChI=1S/C32H26NO3PS/c34-31(30-21-12-22-38-30)28-19-10-11-20-29(28)32(35)33(23-25-13-4-1-5-14-25)24-37(36,26-15-6-2-7-16-26)27-17-8-3-9-18-27/h1-22H,23-24H2. The Morgan fingerprint density at radius 2 is 1.16 bits per heavy atom.